The molecule has 0 aliphatic heterocycles. The Bertz CT molecular complexity index is 477. The predicted molar refractivity (Wildman–Crippen MR) is 64.7 cm³/mol. The molecule has 0 fully saturated rings. The molecule has 0 aliphatic carbocycles. The molecule has 0 heterocycles. The summed E-state index contributed by atoms with van der Waals surface area (Å²) in [6.07, 6.45) is 1.58. The van der Waals surface area contributed by atoms with Crippen LogP contribution in [0.25, 0.3) is 6.08 Å². The fraction of sp³-hybridized carbons (Fsp3) is 0.231. The average molecular weight is 231 g/mol. The highest BCUT2D eigenvalue weighted by atomic mass is 35.5. The fourth-order valence-electron chi connectivity index (χ4n) is 1.58. The van der Waals surface area contributed by atoms with Crippen LogP contribution in [-0.2, 0) is 5.88 Å². The molecule has 0 bridgehead atoms. The van der Waals surface area contributed by atoms with Crippen molar-refractivity contribution in [2.75, 3.05) is 0 Å². The molecule has 0 radical (unpaired) electrons. The number of nitriles is 2. The van der Waals surface area contributed by atoms with Crippen LogP contribution in [0.5, 0.6) is 0 Å². The Labute approximate surface area is 100 Å². The number of halogens is 1. The Hall–Kier alpha value is -1.77. The van der Waals surface area contributed by atoms with Gasteiger partial charge >= 0.3 is 0 Å². The SMILES string of the molecule is Cc1cc(C=C(C#N)C#N)cc(C)c1CCl. The summed E-state index contributed by atoms with van der Waals surface area (Å²) in [5, 5.41) is 17.3. The predicted octanol–water partition coefficient (Wildman–Crippen LogP) is 3.47. The first-order chi connectivity index (χ1) is 7.62. The van der Waals surface area contributed by atoms with Gasteiger partial charge in [-0.1, -0.05) is 12.1 Å². The Balaban J connectivity index is 3.27. The molecule has 2 nitrogen and oxygen atoms in total. The summed E-state index contributed by atoms with van der Waals surface area (Å²) in [5.41, 5.74) is 4.24. The third kappa shape index (κ3) is 2.63. The molecule has 0 saturated heterocycles. The number of rotatable bonds is 2. The lowest BCUT2D eigenvalue weighted by Crippen LogP contribution is -1.91. The van der Waals surface area contributed by atoms with Gasteiger partial charge in [0.15, 0.2) is 0 Å². The third-order valence-corrected chi connectivity index (χ3v) is 2.67. The van der Waals surface area contributed by atoms with E-state index >= 15 is 0 Å². The van der Waals surface area contributed by atoms with E-state index in [1.165, 1.54) is 0 Å². The number of benzene rings is 1. The molecular formula is C13H11ClN2. The standard InChI is InChI=1S/C13H11ClN2/c1-9-3-11(5-12(7-15)8-16)4-10(2)13(9)6-14/h3-5H,6H2,1-2H3. The van der Waals surface area contributed by atoms with Crippen molar-refractivity contribution in [1.29, 1.82) is 10.5 Å². The molecule has 0 unspecified atom stereocenters. The number of aryl methyl sites for hydroxylation is 2. The van der Waals surface area contributed by atoms with Gasteiger partial charge in [-0.15, -0.1) is 11.6 Å². The molecule has 3 heteroatoms. The molecule has 0 aliphatic rings. The van der Waals surface area contributed by atoms with Crippen molar-refractivity contribution in [2.45, 2.75) is 19.7 Å². The van der Waals surface area contributed by atoms with Crippen molar-refractivity contribution < 1.29 is 0 Å². The quantitative estimate of drug-likeness (QED) is 0.577. The second kappa shape index (κ2) is 5.35. The molecule has 0 aromatic heterocycles. The molecule has 1 aromatic carbocycles. The van der Waals surface area contributed by atoms with Crippen LogP contribution in [0.4, 0.5) is 0 Å². The highest BCUT2D eigenvalue weighted by Crippen LogP contribution is 2.20. The second-order valence-electron chi connectivity index (χ2n) is 3.55. The first-order valence-corrected chi connectivity index (χ1v) is 5.33. The summed E-state index contributed by atoms with van der Waals surface area (Å²) in [6, 6.07) is 7.54. The maximum absolute atomic E-state index is 8.66. The number of hydrogen-bond donors (Lipinski definition) is 0. The van der Waals surface area contributed by atoms with Crippen LogP contribution in [-0.4, -0.2) is 0 Å². The smallest absolute Gasteiger partial charge is 0.130 e. The number of alkyl halides is 1. The number of nitrogens with zero attached hydrogens (tertiary/aromatic N) is 2. The fourth-order valence-corrected chi connectivity index (χ4v) is 2.00. The lowest BCUT2D eigenvalue weighted by molar-refractivity contribution is 1.23. The van der Waals surface area contributed by atoms with Crippen LogP contribution in [0.3, 0.4) is 0 Å². The minimum absolute atomic E-state index is 0.109. The van der Waals surface area contributed by atoms with Gasteiger partial charge in [0.2, 0.25) is 0 Å². The van der Waals surface area contributed by atoms with Crippen molar-refractivity contribution in [1.82, 2.24) is 0 Å². The van der Waals surface area contributed by atoms with Gasteiger partial charge in [-0.2, -0.15) is 10.5 Å². The summed E-state index contributed by atoms with van der Waals surface area (Å²) >= 11 is 5.83. The van der Waals surface area contributed by atoms with E-state index in [9.17, 15) is 0 Å². The molecule has 16 heavy (non-hydrogen) atoms. The van der Waals surface area contributed by atoms with Crippen LogP contribution in [0, 0.1) is 36.5 Å². The summed E-state index contributed by atoms with van der Waals surface area (Å²) in [4.78, 5) is 0. The van der Waals surface area contributed by atoms with Gasteiger partial charge < -0.3 is 0 Å². The van der Waals surface area contributed by atoms with Gasteiger partial charge in [0, 0.05) is 5.88 Å². The summed E-state index contributed by atoms with van der Waals surface area (Å²) in [6.45, 7) is 3.95. The van der Waals surface area contributed by atoms with Crippen molar-refractivity contribution >= 4 is 17.7 Å². The minimum atomic E-state index is 0.109. The van der Waals surface area contributed by atoms with E-state index < -0.39 is 0 Å². The topological polar surface area (TPSA) is 47.6 Å². The zero-order chi connectivity index (χ0) is 12.1. The third-order valence-electron chi connectivity index (χ3n) is 2.40. The van der Waals surface area contributed by atoms with E-state index in [1.54, 1.807) is 6.08 Å². The van der Waals surface area contributed by atoms with Crippen molar-refractivity contribution in [3.8, 4) is 12.1 Å². The first-order valence-electron chi connectivity index (χ1n) is 4.80. The van der Waals surface area contributed by atoms with Gasteiger partial charge in [-0.3, -0.25) is 0 Å². The molecule has 80 valence electrons. The van der Waals surface area contributed by atoms with Crippen LogP contribution >= 0.6 is 11.6 Å². The normalized spacial score (nSPS) is 9.06. The minimum Gasteiger partial charge on any atom is -0.192 e. The van der Waals surface area contributed by atoms with E-state index in [2.05, 4.69) is 0 Å². The first kappa shape index (κ1) is 12.3. The van der Waals surface area contributed by atoms with Crippen molar-refractivity contribution in [2.24, 2.45) is 0 Å². The monoisotopic (exact) mass is 230 g/mol. The van der Waals surface area contributed by atoms with Gasteiger partial charge in [0.05, 0.1) is 0 Å². The zero-order valence-electron chi connectivity index (χ0n) is 9.21. The largest absolute Gasteiger partial charge is 0.192 e. The van der Waals surface area contributed by atoms with Crippen LogP contribution < -0.4 is 0 Å². The molecule has 1 rings (SSSR count). The zero-order valence-corrected chi connectivity index (χ0v) is 9.97. The molecule has 1 aromatic rings. The second-order valence-corrected chi connectivity index (χ2v) is 3.82. The lowest BCUT2D eigenvalue weighted by atomic mass is 9.99. The Morgan fingerprint density at radius 3 is 2.12 bits per heavy atom. The van der Waals surface area contributed by atoms with E-state index in [-0.39, 0.29) is 5.57 Å². The Morgan fingerprint density at radius 1 is 1.25 bits per heavy atom. The summed E-state index contributed by atoms with van der Waals surface area (Å²) in [7, 11) is 0. The Morgan fingerprint density at radius 2 is 1.75 bits per heavy atom. The molecule has 0 spiro atoms. The highest BCUT2D eigenvalue weighted by Gasteiger charge is 2.03. The number of hydrogen-bond acceptors (Lipinski definition) is 2. The molecule has 0 amide bonds. The summed E-state index contributed by atoms with van der Waals surface area (Å²) in [5.74, 6) is 0.477. The van der Waals surface area contributed by atoms with E-state index in [0.29, 0.717) is 5.88 Å². The van der Waals surface area contributed by atoms with Crippen molar-refractivity contribution in [3.05, 3.63) is 40.0 Å². The van der Waals surface area contributed by atoms with Gasteiger partial charge in [-0.25, -0.2) is 0 Å². The van der Waals surface area contributed by atoms with Crippen LogP contribution in [0.2, 0.25) is 0 Å². The van der Waals surface area contributed by atoms with Crippen molar-refractivity contribution in [3.63, 3.8) is 0 Å². The lowest BCUT2D eigenvalue weighted by Gasteiger charge is -2.07. The maximum atomic E-state index is 8.66. The molecule has 0 N–H and O–H groups in total. The van der Waals surface area contributed by atoms with Crippen LogP contribution in [0.1, 0.15) is 22.3 Å². The maximum Gasteiger partial charge on any atom is 0.130 e. The summed E-state index contributed by atoms with van der Waals surface area (Å²) < 4.78 is 0. The molecule has 0 atom stereocenters. The molecular weight excluding hydrogens is 220 g/mol. The Kier molecular flexibility index (Phi) is 4.11. The number of allylic oxidation sites excluding steroid dienone is 1. The van der Waals surface area contributed by atoms with E-state index in [1.807, 2.05) is 38.1 Å². The van der Waals surface area contributed by atoms with Gasteiger partial charge in [0.1, 0.15) is 17.7 Å². The van der Waals surface area contributed by atoms with E-state index in [0.717, 1.165) is 22.3 Å². The van der Waals surface area contributed by atoms with Gasteiger partial charge in [-0.05, 0) is 42.2 Å². The van der Waals surface area contributed by atoms with E-state index in [4.69, 9.17) is 22.1 Å². The molecule has 0 saturated carbocycles. The van der Waals surface area contributed by atoms with Gasteiger partial charge in [0.25, 0.3) is 0 Å². The highest BCUT2D eigenvalue weighted by molar-refractivity contribution is 6.17. The van der Waals surface area contributed by atoms with Crippen LogP contribution in [0.15, 0.2) is 17.7 Å². The average Bonchev–Trinajstić information content (AvgIpc) is 2.25.